The second kappa shape index (κ2) is 9.47. The summed E-state index contributed by atoms with van der Waals surface area (Å²) in [5.41, 5.74) is 2.80. The molecular formula is C30H25Cl2FN2O2. The van der Waals surface area contributed by atoms with E-state index in [-0.39, 0.29) is 28.4 Å². The molecule has 2 aliphatic rings. The molecule has 7 heteroatoms. The average Bonchev–Trinajstić information content (AvgIpc) is 2.83. The van der Waals surface area contributed by atoms with E-state index >= 15 is 0 Å². The summed E-state index contributed by atoms with van der Waals surface area (Å²) in [7, 11) is 0. The minimum absolute atomic E-state index is 0.0216. The molecule has 4 nitrogen and oxygen atoms in total. The number of nitrogens with one attached hydrogen (secondary N) is 1. The van der Waals surface area contributed by atoms with Crippen molar-refractivity contribution in [3.63, 3.8) is 0 Å². The Morgan fingerprint density at radius 1 is 1.00 bits per heavy atom. The number of aliphatic hydroxyl groups is 1. The standard InChI is InChI=1S/C30H25Cl2FN2O2/c1-30(2)15-23-26(24(36)16-30)25(17-8-12-21(33)13-9-17)27(28(37)18-6-10-19(31)11-7-18)29(34)35(23)22-5-3-4-20(32)14-22/h3-14,25,34,37H,15-16H2,1-2H3/b28-27+,34-29?. The van der Waals surface area contributed by atoms with Gasteiger partial charge in [-0.15, -0.1) is 0 Å². The van der Waals surface area contributed by atoms with Crippen LogP contribution in [0.4, 0.5) is 10.1 Å². The summed E-state index contributed by atoms with van der Waals surface area (Å²) < 4.78 is 13.9. The van der Waals surface area contributed by atoms with Crippen molar-refractivity contribution in [3.8, 4) is 0 Å². The Labute approximate surface area is 225 Å². The van der Waals surface area contributed by atoms with Gasteiger partial charge in [-0.25, -0.2) is 4.39 Å². The van der Waals surface area contributed by atoms with Crippen LogP contribution >= 0.6 is 23.2 Å². The van der Waals surface area contributed by atoms with Crippen LogP contribution in [0.5, 0.6) is 0 Å². The molecule has 2 N–H and O–H groups in total. The van der Waals surface area contributed by atoms with Gasteiger partial charge >= 0.3 is 0 Å². The largest absolute Gasteiger partial charge is 0.507 e. The molecule has 0 aromatic heterocycles. The highest BCUT2D eigenvalue weighted by atomic mass is 35.5. The van der Waals surface area contributed by atoms with Crippen molar-refractivity contribution in [2.75, 3.05) is 4.90 Å². The summed E-state index contributed by atoms with van der Waals surface area (Å²) in [6.07, 6.45) is 0.852. The third kappa shape index (κ3) is 4.70. The lowest BCUT2D eigenvalue weighted by Gasteiger charge is -2.45. The number of ketones is 1. The van der Waals surface area contributed by atoms with Crippen molar-refractivity contribution in [2.24, 2.45) is 5.41 Å². The van der Waals surface area contributed by atoms with Crippen molar-refractivity contribution >= 4 is 46.3 Å². The molecular weight excluding hydrogens is 510 g/mol. The maximum atomic E-state index is 13.9. The zero-order valence-corrected chi connectivity index (χ0v) is 21.9. The van der Waals surface area contributed by atoms with Gasteiger partial charge < -0.3 is 5.11 Å². The van der Waals surface area contributed by atoms with Crippen LogP contribution in [0.3, 0.4) is 0 Å². The van der Waals surface area contributed by atoms with Gasteiger partial charge in [0.05, 0.1) is 0 Å². The van der Waals surface area contributed by atoms with Crippen LogP contribution < -0.4 is 4.90 Å². The summed E-state index contributed by atoms with van der Waals surface area (Å²) in [6.45, 7) is 4.05. The highest BCUT2D eigenvalue weighted by Crippen LogP contribution is 2.51. The van der Waals surface area contributed by atoms with Gasteiger partial charge in [-0.3, -0.25) is 15.1 Å². The molecule has 1 aliphatic carbocycles. The Hall–Kier alpha value is -3.41. The van der Waals surface area contributed by atoms with E-state index in [0.29, 0.717) is 51.0 Å². The van der Waals surface area contributed by atoms with E-state index in [9.17, 15) is 19.7 Å². The number of hydrogen-bond donors (Lipinski definition) is 2. The lowest BCUT2D eigenvalue weighted by atomic mass is 9.67. The molecule has 3 aromatic carbocycles. The first-order chi connectivity index (χ1) is 17.6. The number of allylic oxidation sites excluding steroid dienone is 2. The summed E-state index contributed by atoms with van der Waals surface area (Å²) in [4.78, 5) is 15.5. The van der Waals surface area contributed by atoms with E-state index < -0.39 is 11.7 Å². The van der Waals surface area contributed by atoms with Crippen LogP contribution in [0.2, 0.25) is 10.0 Å². The molecule has 0 fully saturated rings. The molecule has 188 valence electrons. The molecule has 0 bridgehead atoms. The smallest absolute Gasteiger partial charge is 0.162 e. The van der Waals surface area contributed by atoms with Gasteiger partial charge in [0.15, 0.2) is 5.78 Å². The third-order valence-corrected chi connectivity index (χ3v) is 7.35. The zero-order valence-electron chi connectivity index (χ0n) is 20.4. The van der Waals surface area contributed by atoms with Crippen molar-refractivity contribution < 1.29 is 14.3 Å². The molecule has 0 saturated carbocycles. The summed E-state index contributed by atoms with van der Waals surface area (Å²) >= 11 is 12.4. The van der Waals surface area contributed by atoms with Gasteiger partial charge in [0, 0.05) is 50.5 Å². The maximum Gasteiger partial charge on any atom is 0.162 e. The summed E-state index contributed by atoms with van der Waals surface area (Å²) in [6, 6.07) is 19.6. The molecule has 37 heavy (non-hydrogen) atoms. The van der Waals surface area contributed by atoms with Crippen LogP contribution in [0.15, 0.2) is 89.6 Å². The fourth-order valence-electron chi connectivity index (χ4n) is 5.27. The van der Waals surface area contributed by atoms with Crippen molar-refractivity contribution in [3.05, 3.63) is 117 Å². The second-order valence-electron chi connectivity index (χ2n) is 10.2. The van der Waals surface area contributed by atoms with Gasteiger partial charge in [0.1, 0.15) is 17.4 Å². The minimum atomic E-state index is -0.752. The molecule has 0 saturated heterocycles. The number of anilines is 1. The fourth-order valence-corrected chi connectivity index (χ4v) is 5.58. The summed E-state index contributed by atoms with van der Waals surface area (Å²) in [5, 5.41) is 22.0. The van der Waals surface area contributed by atoms with Gasteiger partial charge in [-0.2, -0.15) is 0 Å². The van der Waals surface area contributed by atoms with Crippen LogP contribution in [-0.4, -0.2) is 16.7 Å². The Morgan fingerprint density at radius 3 is 2.32 bits per heavy atom. The summed E-state index contributed by atoms with van der Waals surface area (Å²) in [5.74, 6) is -1.35. The molecule has 0 amide bonds. The number of hydrogen-bond acceptors (Lipinski definition) is 3. The number of nitrogens with zero attached hydrogens (tertiary/aromatic N) is 1. The predicted molar refractivity (Wildman–Crippen MR) is 147 cm³/mol. The van der Waals surface area contributed by atoms with E-state index in [1.807, 2.05) is 19.9 Å². The van der Waals surface area contributed by atoms with Gasteiger partial charge in [0.2, 0.25) is 0 Å². The van der Waals surface area contributed by atoms with E-state index in [0.717, 1.165) is 0 Å². The normalized spacial score (nSPS) is 20.7. The van der Waals surface area contributed by atoms with E-state index in [2.05, 4.69) is 0 Å². The number of carbonyl (C=O) groups is 1. The number of amidine groups is 1. The van der Waals surface area contributed by atoms with Crippen LogP contribution in [0, 0.1) is 16.6 Å². The lowest BCUT2D eigenvalue weighted by Crippen LogP contribution is -2.45. The predicted octanol–water partition coefficient (Wildman–Crippen LogP) is 8.33. The van der Waals surface area contributed by atoms with Crippen molar-refractivity contribution in [1.82, 2.24) is 0 Å². The topological polar surface area (TPSA) is 64.4 Å². The number of halogens is 3. The first-order valence-corrected chi connectivity index (χ1v) is 12.7. The molecule has 5 rings (SSSR count). The Morgan fingerprint density at radius 2 is 1.68 bits per heavy atom. The molecule has 0 spiro atoms. The van der Waals surface area contributed by atoms with Crippen molar-refractivity contribution in [2.45, 2.75) is 32.6 Å². The minimum Gasteiger partial charge on any atom is -0.507 e. The quantitative estimate of drug-likeness (QED) is 0.332. The SMILES string of the molecule is CC1(C)CC(=O)C2=C(C1)N(c1cccc(Cl)c1)C(=N)/C(=C(/O)c1ccc(Cl)cc1)C2c1ccc(F)cc1. The number of Topliss-reactive ketones (excluding diaryl/α,β-unsaturated/α-hetero) is 1. The Bertz CT molecular complexity index is 1470. The average molecular weight is 535 g/mol. The van der Waals surface area contributed by atoms with E-state index in [1.54, 1.807) is 59.5 Å². The van der Waals surface area contributed by atoms with Crippen LogP contribution in [0.1, 0.15) is 43.7 Å². The maximum absolute atomic E-state index is 13.9. The highest BCUT2D eigenvalue weighted by molar-refractivity contribution is 6.31. The van der Waals surface area contributed by atoms with Gasteiger partial charge in [-0.1, -0.05) is 55.2 Å². The Balaban J connectivity index is 1.85. The van der Waals surface area contributed by atoms with E-state index in [4.69, 9.17) is 23.2 Å². The van der Waals surface area contributed by atoms with Gasteiger partial charge in [-0.05, 0) is 72.0 Å². The second-order valence-corrected chi connectivity index (χ2v) is 11.1. The third-order valence-electron chi connectivity index (χ3n) is 6.86. The lowest BCUT2D eigenvalue weighted by molar-refractivity contribution is -0.118. The molecule has 1 unspecified atom stereocenters. The van der Waals surface area contributed by atoms with Crippen molar-refractivity contribution in [1.29, 1.82) is 5.41 Å². The molecule has 0 radical (unpaired) electrons. The van der Waals surface area contributed by atoms with Gasteiger partial charge in [0.25, 0.3) is 0 Å². The number of rotatable bonds is 3. The molecule has 3 aromatic rings. The monoisotopic (exact) mass is 534 g/mol. The first kappa shape index (κ1) is 25.2. The molecule has 1 aliphatic heterocycles. The highest BCUT2D eigenvalue weighted by Gasteiger charge is 2.46. The van der Waals surface area contributed by atoms with E-state index in [1.165, 1.54) is 12.1 Å². The Kier molecular flexibility index (Phi) is 6.47. The zero-order chi connectivity index (χ0) is 26.5. The number of aliphatic hydroxyl groups excluding tert-OH is 1. The van der Waals surface area contributed by atoms with Crippen LogP contribution in [-0.2, 0) is 4.79 Å². The number of benzene rings is 3. The molecule has 1 atom stereocenters. The van der Waals surface area contributed by atoms with Crippen LogP contribution in [0.25, 0.3) is 5.76 Å². The first-order valence-electron chi connectivity index (χ1n) is 11.9. The fraction of sp³-hybridized carbons (Fsp3) is 0.200. The molecule has 1 heterocycles. The number of carbonyl (C=O) groups excluding carboxylic acids is 1.